The summed E-state index contributed by atoms with van der Waals surface area (Å²) in [7, 11) is 0. The number of carboxylic acid groups (broad SMARTS) is 1. The third-order valence-corrected chi connectivity index (χ3v) is 2.14. The van der Waals surface area contributed by atoms with E-state index < -0.39 is 17.5 Å². The Morgan fingerprint density at radius 3 is 2.83 bits per heavy atom. The molecule has 0 unspecified atom stereocenters. The molecule has 5 heteroatoms. The van der Waals surface area contributed by atoms with Crippen LogP contribution < -0.4 is 0 Å². The third-order valence-electron chi connectivity index (χ3n) is 1.25. The molecule has 1 aromatic rings. The standard InChI is InChI=1S/C7H5FINO2/c8-5-1-4(2-9)3-10-6(5)7(11)12/h1,3H,2H2,(H,11,12). The highest BCUT2D eigenvalue weighted by atomic mass is 127. The summed E-state index contributed by atoms with van der Waals surface area (Å²) in [5, 5.41) is 8.42. The molecular formula is C7H5FINO2. The molecule has 0 atom stereocenters. The Hall–Kier alpha value is -0.720. The van der Waals surface area contributed by atoms with Crippen molar-refractivity contribution in [3.8, 4) is 0 Å². The highest BCUT2D eigenvalue weighted by Crippen LogP contribution is 2.09. The average Bonchev–Trinajstić information content (AvgIpc) is 2.03. The fraction of sp³-hybridized carbons (Fsp3) is 0.143. The Morgan fingerprint density at radius 2 is 2.42 bits per heavy atom. The number of alkyl halides is 1. The lowest BCUT2D eigenvalue weighted by atomic mass is 10.2. The van der Waals surface area contributed by atoms with E-state index in [0.717, 1.165) is 0 Å². The van der Waals surface area contributed by atoms with Gasteiger partial charge in [0.25, 0.3) is 0 Å². The molecule has 12 heavy (non-hydrogen) atoms. The minimum Gasteiger partial charge on any atom is -0.476 e. The molecule has 0 bridgehead atoms. The van der Waals surface area contributed by atoms with Gasteiger partial charge in [0, 0.05) is 10.6 Å². The smallest absolute Gasteiger partial charge is 0.357 e. The quantitative estimate of drug-likeness (QED) is 0.665. The lowest BCUT2D eigenvalue weighted by molar-refractivity contribution is 0.0685. The number of pyridine rings is 1. The van der Waals surface area contributed by atoms with Gasteiger partial charge in [0.05, 0.1) is 0 Å². The van der Waals surface area contributed by atoms with Crippen LogP contribution in [0.25, 0.3) is 0 Å². The maximum atomic E-state index is 12.8. The van der Waals surface area contributed by atoms with Crippen LogP contribution in [0.4, 0.5) is 4.39 Å². The van der Waals surface area contributed by atoms with Crippen molar-refractivity contribution in [1.29, 1.82) is 0 Å². The van der Waals surface area contributed by atoms with Crippen LogP contribution in [0, 0.1) is 5.82 Å². The van der Waals surface area contributed by atoms with E-state index in [9.17, 15) is 9.18 Å². The molecule has 64 valence electrons. The second kappa shape index (κ2) is 3.79. The van der Waals surface area contributed by atoms with Gasteiger partial charge in [-0.2, -0.15) is 0 Å². The molecule has 0 saturated heterocycles. The lowest BCUT2D eigenvalue weighted by Gasteiger charge is -1.97. The van der Waals surface area contributed by atoms with Gasteiger partial charge >= 0.3 is 5.97 Å². The lowest BCUT2D eigenvalue weighted by Crippen LogP contribution is -2.04. The van der Waals surface area contributed by atoms with E-state index in [1.165, 1.54) is 12.3 Å². The van der Waals surface area contributed by atoms with Crippen molar-refractivity contribution < 1.29 is 14.3 Å². The first-order chi connectivity index (χ1) is 5.65. The Balaban J connectivity index is 3.12. The van der Waals surface area contributed by atoms with Crippen LogP contribution in [-0.2, 0) is 4.43 Å². The van der Waals surface area contributed by atoms with Crippen molar-refractivity contribution in [2.45, 2.75) is 4.43 Å². The Morgan fingerprint density at radius 1 is 1.75 bits per heavy atom. The second-order valence-electron chi connectivity index (χ2n) is 2.11. The van der Waals surface area contributed by atoms with Gasteiger partial charge in [0.2, 0.25) is 0 Å². The minimum absolute atomic E-state index is 0.524. The van der Waals surface area contributed by atoms with Gasteiger partial charge in [-0.15, -0.1) is 0 Å². The van der Waals surface area contributed by atoms with Crippen LogP contribution in [0.3, 0.4) is 0 Å². The fourth-order valence-electron chi connectivity index (χ4n) is 0.708. The molecule has 0 amide bonds. The zero-order valence-corrected chi connectivity index (χ0v) is 8.08. The number of nitrogens with zero attached hydrogens (tertiary/aromatic N) is 1. The highest BCUT2D eigenvalue weighted by molar-refractivity contribution is 14.1. The van der Waals surface area contributed by atoms with Gasteiger partial charge < -0.3 is 5.11 Å². The minimum atomic E-state index is -1.34. The zero-order chi connectivity index (χ0) is 9.14. The molecule has 0 radical (unpaired) electrons. The van der Waals surface area contributed by atoms with Gasteiger partial charge in [0.15, 0.2) is 11.5 Å². The van der Waals surface area contributed by atoms with E-state index >= 15 is 0 Å². The summed E-state index contributed by atoms with van der Waals surface area (Å²) < 4.78 is 13.5. The predicted octanol–water partition coefficient (Wildman–Crippen LogP) is 1.85. The van der Waals surface area contributed by atoms with Crippen molar-refractivity contribution in [2.75, 3.05) is 0 Å². The molecule has 0 aliphatic heterocycles. The molecule has 0 fully saturated rings. The number of rotatable bonds is 2. The Bertz CT molecular complexity index is 316. The van der Waals surface area contributed by atoms with E-state index in [-0.39, 0.29) is 0 Å². The number of hydrogen-bond donors (Lipinski definition) is 1. The van der Waals surface area contributed by atoms with E-state index in [2.05, 4.69) is 4.98 Å². The molecule has 0 aliphatic rings. The summed E-state index contributed by atoms with van der Waals surface area (Å²) in [6.07, 6.45) is 1.36. The second-order valence-corrected chi connectivity index (χ2v) is 2.88. The highest BCUT2D eigenvalue weighted by Gasteiger charge is 2.11. The molecule has 0 aliphatic carbocycles. The summed E-state index contributed by atoms with van der Waals surface area (Å²) in [6.45, 7) is 0. The first kappa shape index (κ1) is 9.37. The van der Waals surface area contributed by atoms with Crippen LogP contribution in [0.15, 0.2) is 12.3 Å². The molecule has 1 heterocycles. The van der Waals surface area contributed by atoms with Crippen molar-refractivity contribution in [1.82, 2.24) is 4.98 Å². The number of hydrogen-bond acceptors (Lipinski definition) is 2. The van der Waals surface area contributed by atoms with Gasteiger partial charge in [0.1, 0.15) is 0 Å². The van der Waals surface area contributed by atoms with Gasteiger partial charge in [-0.25, -0.2) is 14.2 Å². The third kappa shape index (κ3) is 1.90. The summed E-state index contributed by atoms with van der Waals surface area (Å²) in [4.78, 5) is 13.8. The van der Waals surface area contributed by atoms with E-state index in [1.807, 2.05) is 22.6 Å². The Kier molecular flexibility index (Phi) is 2.96. The first-order valence-corrected chi connectivity index (χ1v) is 4.61. The maximum Gasteiger partial charge on any atom is 0.357 e. The van der Waals surface area contributed by atoms with Crippen molar-refractivity contribution >= 4 is 28.6 Å². The maximum absolute atomic E-state index is 12.8. The summed E-state index contributed by atoms with van der Waals surface area (Å²) in [6, 6.07) is 1.18. The number of carboxylic acids is 1. The van der Waals surface area contributed by atoms with E-state index in [1.54, 1.807) is 0 Å². The number of carbonyl (C=O) groups is 1. The van der Waals surface area contributed by atoms with Crippen LogP contribution in [0.2, 0.25) is 0 Å². The van der Waals surface area contributed by atoms with Crippen LogP contribution in [-0.4, -0.2) is 16.1 Å². The monoisotopic (exact) mass is 281 g/mol. The van der Waals surface area contributed by atoms with Gasteiger partial charge in [-0.05, 0) is 11.6 Å². The first-order valence-electron chi connectivity index (χ1n) is 3.09. The molecule has 0 aromatic carbocycles. The van der Waals surface area contributed by atoms with Crippen LogP contribution in [0.1, 0.15) is 16.1 Å². The average molecular weight is 281 g/mol. The molecule has 3 nitrogen and oxygen atoms in total. The largest absolute Gasteiger partial charge is 0.476 e. The molecular weight excluding hydrogens is 276 g/mol. The topological polar surface area (TPSA) is 50.2 Å². The molecule has 1 N–H and O–H groups in total. The van der Waals surface area contributed by atoms with E-state index in [4.69, 9.17) is 5.11 Å². The van der Waals surface area contributed by atoms with Crippen LogP contribution >= 0.6 is 22.6 Å². The zero-order valence-electron chi connectivity index (χ0n) is 5.92. The summed E-state index contributed by atoms with van der Waals surface area (Å²) in [5.41, 5.74) is 0.154. The van der Waals surface area contributed by atoms with Crippen molar-refractivity contribution in [3.63, 3.8) is 0 Å². The summed E-state index contributed by atoms with van der Waals surface area (Å²) in [5.74, 6) is -2.12. The van der Waals surface area contributed by atoms with Crippen molar-refractivity contribution in [2.24, 2.45) is 0 Å². The molecule has 0 spiro atoms. The molecule has 1 aromatic heterocycles. The number of halogens is 2. The summed E-state index contributed by atoms with van der Waals surface area (Å²) >= 11 is 2.04. The normalized spacial score (nSPS) is 9.83. The molecule has 0 saturated carbocycles. The van der Waals surface area contributed by atoms with Gasteiger partial charge in [-0.3, -0.25) is 0 Å². The SMILES string of the molecule is O=C(O)c1ncc(CI)cc1F. The Labute approximate surface area is 81.8 Å². The number of aromatic nitrogens is 1. The van der Waals surface area contributed by atoms with E-state index in [0.29, 0.717) is 9.99 Å². The molecule has 1 rings (SSSR count). The predicted molar refractivity (Wildman–Crippen MR) is 48.9 cm³/mol. The fourth-order valence-corrected chi connectivity index (χ4v) is 1.13. The number of aromatic carboxylic acids is 1. The van der Waals surface area contributed by atoms with Crippen LogP contribution in [0.5, 0.6) is 0 Å². The van der Waals surface area contributed by atoms with Crippen molar-refractivity contribution in [3.05, 3.63) is 29.3 Å². The van der Waals surface area contributed by atoms with Gasteiger partial charge in [-0.1, -0.05) is 22.6 Å².